The van der Waals surface area contributed by atoms with Crippen molar-refractivity contribution in [3.63, 3.8) is 0 Å². The molecule has 0 aliphatic rings. The molecule has 0 spiro atoms. The van der Waals surface area contributed by atoms with Gasteiger partial charge in [-0.2, -0.15) is 0 Å². The van der Waals surface area contributed by atoms with E-state index >= 15 is 0 Å². The number of benzene rings is 1. The lowest BCUT2D eigenvalue weighted by atomic mass is 10.2. The van der Waals surface area contributed by atoms with Crippen molar-refractivity contribution in [1.82, 2.24) is 4.98 Å². The molecule has 94 valence electrons. The Morgan fingerprint density at radius 1 is 1.44 bits per heavy atom. The molecule has 2 rings (SSSR count). The van der Waals surface area contributed by atoms with E-state index in [-0.39, 0.29) is 5.75 Å². The van der Waals surface area contributed by atoms with E-state index in [4.69, 9.17) is 4.74 Å². The van der Waals surface area contributed by atoms with E-state index in [0.717, 1.165) is 4.88 Å². The Morgan fingerprint density at radius 2 is 2.17 bits per heavy atom. The highest BCUT2D eigenvalue weighted by Gasteiger charge is 2.18. The van der Waals surface area contributed by atoms with Crippen LogP contribution in [-0.4, -0.2) is 22.7 Å². The van der Waals surface area contributed by atoms with Crippen molar-refractivity contribution in [3.8, 4) is 16.3 Å². The second-order valence-electron chi connectivity index (χ2n) is 3.66. The molecule has 0 amide bonds. The number of phenolic OH excluding ortho intramolecular Hbond substituents is 1. The number of nitrogens with zero attached hydrogens (tertiary/aromatic N) is 1. The number of hydrogen-bond acceptors (Lipinski definition) is 5. The van der Waals surface area contributed by atoms with E-state index in [1.54, 1.807) is 25.1 Å². The summed E-state index contributed by atoms with van der Waals surface area (Å²) in [5.74, 6) is -0.269. The van der Waals surface area contributed by atoms with E-state index in [1.807, 2.05) is 13.0 Å². The van der Waals surface area contributed by atoms with Gasteiger partial charge in [-0.15, -0.1) is 11.3 Å². The van der Waals surface area contributed by atoms with Crippen LogP contribution in [-0.2, 0) is 4.74 Å². The van der Waals surface area contributed by atoms with Gasteiger partial charge in [0.25, 0.3) is 0 Å². The molecule has 0 bridgehead atoms. The second-order valence-corrected chi connectivity index (χ2v) is 4.86. The van der Waals surface area contributed by atoms with Gasteiger partial charge in [-0.3, -0.25) is 0 Å². The van der Waals surface area contributed by atoms with Crippen molar-refractivity contribution in [1.29, 1.82) is 0 Å². The zero-order valence-corrected chi connectivity index (χ0v) is 11.0. The highest BCUT2D eigenvalue weighted by molar-refractivity contribution is 7.15. The maximum atomic E-state index is 11.7. The Hall–Kier alpha value is -1.88. The van der Waals surface area contributed by atoms with Crippen LogP contribution in [0.5, 0.6) is 5.75 Å². The summed E-state index contributed by atoms with van der Waals surface area (Å²) in [5.41, 5.74) is 0.946. The molecular weight excluding hydrogens is 250 g/mol. The van der Waals surface area contributed by atoms with Crippen LogP contribution in [0.25, 0.3) is 10.6 Å². The summed E-state index contributed by atoms with van der Waals surface area (Å²) >= 11 is 1.36. The molecule has 0 aliphatic heterocycles. The first kappa shape index (κ1) is 12.6. The van der Waals surface area contributed by atoms with Gasteiger partial charge >= 0.3 is 5.97 Å². The first-order valence-electron chi connectivity index (χ1n) is 5.56. The van der Waals surface area contributed by atoms with Gasteiger partial charge in [-0.1, -0.05) is 12.1 Å². The summed E-state index contributed by atoms with van der Waals surface area (Å²) in [5, 5.41) is 10.4. The molecule has 5 heteroatoms. The van der Waals surface area contributed by atoms with E-state index in [1.165, 1.54) is 11.3 Å². The number of carbonyl (C=O) groups excluding carboxylic acids is 1. The number of thiazole rings is 1. The number of phenols is 1. The van der Waals surface area contributed by atoms with Crippen LogP contribution < -0.4 is 0 Å². The zero-order valence-electron chi connectivity index (χ0n) is 10.1. The summed E-state index contributed by atoms with van der Waals surface area (Å²) in [6.07, 6.45) is 0. The molecule has 1 N–H and O–H groups in total. The van der Waals surface area contributed by atoms with Crippen LogP contribution in [0.3, 0.4) is 0 Å². The van der Waals surface area contributed by atoms with Crippen molar-refractivity contribution < 1.29 is 14.6 Å². The summed E-state index contributed by atoms with van der Waals surface area (Å²) in [7, 11) is 0. The third-order valence-corrected chi connectivity index (χ3v) is 3.40. The Balaban J connectivity index is 2.41. The number of ether oxygens (including phenoxy) is 1. The molecule has 18 heavy (non-hydrogen) atoms. The molecule has 1 aromatic carbocycles. The van der Waals surface area contributed by atoms with Gasteiger partial charge in [0.2, 0.25) is 0 Å². The molecule has 1 heterocycles. The first-order chi connectivity index (χ1) is 8.63. The number of carbonyl (C=O) groups is 1. The number of aromatic nitrogens is 1. The molecular formula is C13H13NO3S. The van der Waals surface area contributed by atoms with E-state index < -0.39 is 5.97 Å². The monoisotopic (exact) mass is 263 g/mol. The third kappa shape index (κ3) is 2.36. The van der Waals surface area contributed by atoms with Crippen molar-refractivity contribution in [3.05, 3.63) is 34.8 Å². The molecule has 0 saturated carbocycles. The Kier molecular flexibility index (Phi) is 3.62. The molecule has 0 aliphatic carbocycles. The van der Waals surface area contributed by atoms with Gasteiger partial charge in [-0.25, -0.2) is 9.78 Å². The number of esters is 1. The van der Waals surface area contributed by atoms with Gasteiger partial charge < -0.3 is 9.84 Å². The predicted molar refractivity (Wildman–Crippen MR) is 69.9 cm³/mol. The van der Waals surface area contributed by atoms with Crippen molar-refractivity contribution in [2.45, 2.75) is 13.8 Å². The molecule has 0 fully saturated rings. The van der Waals surface area contributed by atoms with Gasteiger partial charge in [-0.05, 0) is 26.0 Å². The second kappa shape index (κ2) is 5.18. The molecule has 0 unspecified atom stereocenters. The highest BCUT2D eigenvalue weighted by Crippen LogP contribution is 2.33. The summed E-state index contributed by atoms with van der Waals surface area (Å²) in [6.45, 7) is 3.89. The minimum Gasteiger partial charge on any atom is -0.507 e. The van der Waals surface area contributed by atoms with Crippen molar-refractivity contribution in [2.75, 3.05) is 6.61 Å². The standard InChI is InChI=1S/C13H13NO3S/c1-3-17-13(16)11-8(2)18-12(14-11)9-6-4-5-7-10(9)15/h4-7,15H,3H2,1-2H3. The summed E-state index contributed by atoms with van der Waals surface area (Å²) < 4.78 is 4.93. The lowest BCUT2D eigenvalue weighted by Crippen LogP contribution is -2.06. The van der Waals surface area contributed by atoms with Gasteiger partial charge in [0.1, 0.15) is 10.8 Å². The van der Waals surface area contributed by atoms with E-state index in [9.17, 15) is 9.90 Å². The number of aromatic hydroxyl groups is 1. The maximum Gasteiger partial charge on any atom is 0.358 e. The number of aryl methyl sites for hydroxylation is 1. The minimum atomic E-state index is -0.423. The molecule has 0 saturated heterocycles. The topological polar surface area (TPSA) is 59.4 Å². The van der Waals surface area contributed by atoms with Crippen LogP contribution in [0.1, 0.15) is 22.3 Å². The third-order valence-electron chi connectivity index (χ3n) is 2.40. The molecule has 1 aromatic heterocycles. The van der Waals surface area contributed by atoms with Gasteiger partial charge in [0.15, 0.2) is 5.69 Å². The maximum absolute atomic E-state index is 11.7. The van der Waals surface area contributed by atoms with Gasteiger partial charge in [0.05, 0.1) is 12.2 Å². The fourth-order valence-corrected chi connectivity index (χ4v) is 2.49. The van der Waals surface area contributed by atoms with Crippen molar-refractivity contribution >= 4 is 17.3 Å². The van der Waals surface area contributed by atoms with Crippen LogP contribution >= 0.6 is 11.3 Å². The Bertz CT molecular complexity index is 577. The van der Waals surface area contributed by atoms with Crippen LogP contribution in [0.4, 0.5) is 0 Å². The largest absolute Gasteiger partial charge is 0.507 e. The average molecular weight is 263 g/mol. The number of hydrogen-bond donors (Lipinski definition) is 1. The first-order valence-corrected chi connectivity index (χ1v) is 6.38. The average Bonchev–Trinajstić information content (AvgIpc) is 2.72. The van der Waals surface area contributed by atoms with E-state index in [0.29, 0.717) is 22.9 Å². The number of para-hydroxylation sites is 1. The van der Waals surface area contributed by atoms with Crippen LogP contribution in [0.15, 0.2) is 24.3 Å². The molecule has 0 atom stereocenters. The summed E-state index contributed by atoms with van der Waals surface area (Å²) in [6, 6.07) is 6.92. The lowest BCUT2D eigenvalue weighted by Gasteiger charge is -1.99. The fourth-order valence-electron chi connectivity index (χ4n) is 1.55. The summed E-state index contributed by atoms with van der Waals surface area (Å²) in [4.78, 5) is 16.7. The fraction of sp³-hybridized carbons (Fsp3) is 0.231. The quantitative estimate of drug-likeness (QED) is 0.865. The SMILES string of the molecule is CCOC(=O)c1nc(-c2ccccc2O)sc1C. The molecule has 2 aromatic rings. The van der Waals surface area contributed by atoms with Crippen LogP contribution in [0, 0.1) is 6.92 Å². The molecule has 4 nitrogen and oxygen atoms in total. The van der Waals surface area contributed by atoms with Gasteiger partial charge in [0, 0.05) is 4.88 Å². The van der Waals surface area contributed by atoms with E-state index in [2.05, 4.69) is 4.98 Å². The minimum absolute atomic E-state index is 0.154. The number of rotatable bonds is 3. The highest BCUT2D eigenvalue weighted by atomic mass is 32.1. The van der Waals surface area contributed by atoms with Crippen LogP contribution in [0.2, 0.25) is 0 Å². The zero-order chi connectivity index (χ0) is 13.1. The smallest absolute Gasteiger partial charge is 0.358 e. The normalized spacial score (nSPS) is 10.3. The van der Waals surface area contributed by atoms with Crippen molar-refractivity contribution in [2.24, 2.45) is 0 Å². The lowest BCUT2D eigenvalue weighted by molar-refractivity contribution is 0.0519. The Morgan fingerprint density at radius 3 is 2.83 bits per heavy atom. The predicted octanol–water partition coefficient (Wildman–Crippen LogP) is 3.00. The Labute approximate surface area is 109 Å². The molecule has 0 radical (unpaired) electrons.